The van der Waals surface area contributed by atoms with Crippen LogP contribution in [-0.2, 0) is 13.0 Å². The van der Waals surface area contributed by atoms with E-state index in [0.29, 0.717) is 18.5 Å². The van der Waals surface area contributed by atoms with Gasteiger partial charge in [0.15, 0.2) is 5.96 Å². The Morgan fingerprint density at radius 2 is 2.09 bits per heavy atom. The molecule has 126 valence electrons. The molecule has 0 saturated heterocycles. The summed E-state index contributed by atoms with van der Waals surface area (Å²) in [6.07, 6.45) is 1.01. The average molecular weight is 351 g/mol. The van der Waals surface area contributed by atoms with E-state index in [0.717, 1.165) is 18.1 Å². The number of nitrogens with one attached hydrogen (secondary N) is 2. The summed E-state index contributed by atoms with van der Waals surface area (Å²) in [5.74, 6) is 1.31. The quantitative estimate of drug-likeness (QED) is 0.613. The van der Waals surface area contributed by atoms with Crippen LogP contribution in [0.4, 0.5) is 0 Å². The van der Waals surface area contributed by atoms with Crippen molar-refractivity contribution in [1.29, 1.82) is 0 Å². The summed E-state index contributed by atoms with van der Waals surface area (Å²) in [6, 6.07) is 4.71. The Kier molecular flexibility index (Phi) is 6.59. The second-order valence-corrected chi connectivity index (χ2v) is 8.28. The Labute approximate surface area is 147 Å². The summed E-state index contributed by atoms with van der Waals surface area (Å²) in [6.45, 7) is 9.37. The third-order valence-electron chi connectivity index (χ3n) is 3.41. The molecular formula is C17H26N4S2. The molecule has 2 aromatic rings. The lowest BCUT2D eigenvalue weighted by Crippen LogP contribution is -2.42. The van der Waals surface area contributed by atoms with Crippen molar-refractivity contribution in [3.05, 3.63) is 38.0 Å². The number of hydrogen-bond donors (Lipinski definition) is 2. The van der Waals surface area contributed by atoms with Gasteiger partial charge in [0, 0.05) is 40.6 Å². The van der Waals surface area contributed by atoms with Crippen molar-refractivity contribution in [3.63, 3.8) is 0 Å². The number of hydrogen-bond acceptors (Lipinski definition) is 4. The maximum atomic E-state index is 4.64. The zero-order valence-electron chi connectivity index (χ0n) is 14.5. The van der Waals surface area contributed by atoms with Gasteiger partial charge in [-0.25, -0.2) is 4.98 Å². The van der Waals surface area contributed by atoms with Crippen molar-refractivity contribution in [2.24, 2.45) is 4.99 Å². The van der Waals surface area contributed by atoms with Gasteiger partial charge in [-0.1, -0.05) is 13.8 Å². The summed E-state index contributed by atoms with van der Waals surface area (Å²) in [4.78, 5) is 11.7. The summed E-state index contributed by atoms with van der Waals surface area (Å²) < 4.78 is 0. The fraction of sp³-hybridized carbons (Fsp3) is 0.529. The van der Waals surface area contributed by atoms with Gasteiger partial charge in [0.2, 0.25) is 0 Å². The van der Waals surface area contributed by atoms with E-state index in [9.17, 15) is 0 Å². The van der Waals surface area contributed by atoms with Gasteiger partial charge in [0.1, 0.15) is 0 Å². The predicted molar refractivity (Wildman–Crippen MR) is 102 cm³/mol. The van der Waals surface area contributed by atoms with Gasteiger partial charge in [-0.05, 0) is 26.0 Å². The van der Waals surface area contributed by atoms with E-state index in [1.807, 2.05) is 11.3 Å². The Hall–Kier alpha value is -1.40. The second kappa shape index (κ2) is 8.45. The molecule has 0 aliphatic carbocycles. The van der Waals surface area contributed by atoms with Crippen molar-refractivity contribution < 1.29 is 0 Å². The molecule has 2 heterocycles. The van der Waals surface area contributed by atoms with Crippen LogP contribution in [0.15, 0.2) is 22.5 Å². The molecule has 2 rings (SSSR count). The monoisotopic (exact) mass is 350 g/mol. The van der Waals surface area contributed by atoms with Crippen molar-refractivity contribution in [2.75, 3.05) is 7.05 Å². The minimum absolute atomic E-state index is 0.334. The molecule has 0 amide bonds. The van der Waals surface area contributed by atoms with Gasteiger partial charge in [-0.15, -0.1) is 22.7 Å². The van der Waals surface area contributed by atoms with Crippen LogP contribution in [-0.4, -0.2) is 24.0 Å². The first-order valence-corrected chi connectivity index (χ1v) is 9.64. The Morgan fingerprint density at radius 1 is 1.30 bits per heavy atom. The lowest BCUT2D eigenvalue weighted by Gasteiger charge is -2.17. The third-order valence-corrected chi connectivity index (χ3v) is 5.63. The van der Waals surface area contributed by atoms with Crippen molar-refractivity contribution in [3.8, 4) is 0 Å². The molecule has 0 aromatic carbocycles. The normalized spacial score (nSPS) is 13.4. The first kappa shape index (κ1) is 17.9. The van der Waals surface area contributed by atoms with Crippen LogP contribution >= 0.6 is 22.7 Å². The Morgan fingerprint density at radius 3 is 2.65 bits per heavy atom. The molecule has 2 N–H and O–H groups in total. The van der Waals surface area contributed by atoms with Gasteiger partial charge in [-0.2, -0.15) is 0 Å². The minimum atomic E-state index is 0.334. The molecule has 0 saturated carbocycles. The van der Waals surface area contributed by atoms with E-state index in [1.165, 1.54) is 14.8 Å². The molecule has 1 unspecified atom stereocenters. The average Bonchev–Trinajstić information content (AvgIpc) is 3.12. The number of rotatable bonds is 6. The van der Waals surface area contributed by atoms with E-state index in [2.05, 4.69) is 65.8 Å². The summed E-state index contributed by atoms with van der Waals surface area (Å²) in [5, 5.41) is 10.1. The highest BCUT2D eigenvalue weighted by Crippen LogP contribution is 2.19. The largest absolute Gasteiger partial charge is 0.354 e. The highest BCUT2D eigenvalue weighted by atomic mass is 32.1. The Bertz CT molecular complexity index is 643. The molecule has 1 atom stereocenters. The Balaban J connectivity index is 1.82. The zero-order chi connectivity index (χ0) is 16.8. The van der Waals surface area contributed by atoms with Crippen molar-refractivity contribution in [1.82, 2.24) is 15.6 Å². The maximum absolute atomic E-state index is 4.64. The van der Waals surface area contributed by atoms with Crippen molar-refractivity contribution in [2.45, 2.75) is 52.6 Å². The van der Waals surface area contributed by atoms with Crippen LogP contribution in [0.25, 0.3) is 0 Å². The van der Waals surface area contributed by atoms with Crippen molar-refractivity contribution >= 4 is 28.6 Å². The standard InChI is InChI=1S/C17H26N4S2/c1-11(2)16-21-14(10-22-16)9-19-17(18-5)20-12(3)8-15-7-6-13(4)23-15/h6-7,10-12H,8-9H2,1-5H3,(H2,18,19,20). The van der Waals surface area contributed by atoms with E-state index in [1.54, 1.807) is 18.4 Å². The SMILES string of the molecule is CN=C(NCc1csc(C(C)C)n1)NC(C)Cc1ccc(C)s1. The fourth-order valence-corrected chi connectivity index (χ4v) is 4.07. The number of aryl methyl sites for hydroxylation is 1. The molecule has 0 fully saturated rings. The summed E-state index contributed by atoms with van der Waals surface area (Å²) in [5.41, 5.74) is 1.07. The molecule has 23 heavy (non-hydrogen) atoms. The van der Waals surface area contributed by atoms with E-state index >= 15 is 0 Å². The van der Waals surface area contributed by atoms with Crippen LogP contribution in [0.1, 0.15) is 47.1 Å². The maximum Gasteiger partial charge on any atom is 0.191 e. The van der Waals surface area contributed by atoms with Gasteiger partial charge < -0.3 is 10.6 Å². The van der Waals surface area contributed by atoms with E-state index in [4.69, 9.17) is 0 Å². The number of aliphatic imine (C=N–C) groups is 1. The smallest absolute Gasteiger partial charge is 0.191 e. The number of thiazole rings is 1. The minimum Gasteiger partial charge on any atom is -0.354 e. The summed E-state index contributed by atoms with van der Waals surface area (Å²) in [7, 11) is 1.80. The number of guanidine groups is 1. The first-order valence-electron chi connectivity index (χ1n) is 7.94. The molecule has 0 spiro atoms. The molecule has 0 bridgehead atoms. The molecule has 4 nitrogen and oxygen atoms in total. The van der Waals surface area contributed by atoms with Gasteiger partial charge in [0.05, 0.1) is 17.2 Å². The summed E-state index contributed by atoms with van der Waals surface area (Å²) >= 11 is 3.58. The third kappa shape index (κ3) is 5.62. The van der Waals surface area contributed by atoms with Gasteiger partial charge >= 0.3 is 0 Å². The lowest BCUT2D eigenvalue weighted by molar-refractivity contribution is 0.643. The lowest BCUT2D eigenvalue weighted by atomic mass is 10.2. The highest BCUT2D eigenvalue weighted by molar-refractivity contribution is 7.11. The molecule has 2 aromatic heterocycles. The van der Waals surface area contributed by atoms with Gasteiger partial charge in [-0.3, -0.25) is 4.99 Å². The first-order chi connectivity index (χ1) is 11.0. The number of aromatic nitrogens is 1. The van der Waals surface area contributed by atoms with Gasteiger partial charge in [0.25, 0.3) is 0 Å². The number of thiophene rings is 1. The second-order valence-electron chi connectivity index (χ2n) is 6.02. The van der Waals surface area contributed by atoms with Crippen LogP contribution in [0.2, 0.25) is 0 Å². The molecule has 0 aliphatic heterocycles. The molecule has 0 radical (unpaired) electrons. The predicted octanol–water partition coefficient (Wildman–Crippen LogP) is 3.93. The highest BCUT2D eigenvalue weighted by Gasteiger charge is 2.09. The topological polar surface area (TPSA) is 49.3 Å². The van der Waals surface area contributed by atoms with Crippen LogP contribution < -0.4 is 10.6 Å². The van der Waals surface area contributed by atoms with Crippen LogP contribution in [0.3, 0.4) is 0 Å². The van der Waals surface area contributed by atoms with E-state index in [-0.39, 0.29) is 0 Å². The van der Waals surface area contributed by atoms with Crippen LogP contribution in [0.5, 0.6) is 0 Å². The molecule has 0 aliphatic rings. The molecular weight excluding hydrogens is 324 g/mol. The fourth-order valence-electron chi connectivity index (χ4n) is 2.22. The molecule has 6 heteroatoms. The number of nitrogens with zero attached hydrogens (tertiary/aromatic N) is 2. The van der Waals surface area contributed by atoms with E-state index < -0.39 is 0 Å². The zero-order valence-corrected chi connectivity index (χ0v) is 16.1. The van der Waals surface area contributed by atoms with Crippen LogP contribution in [0, 0.1) is 6.92 Å².